The van der Waals surface area contributed by atoms with E-state index in [0.29, 0.717) is 6.42 Å². The molecule has 0 heterocycles. The van der Waals surface area contributed by atoms with E-state index in [4.69, 9.17) is 9.47 Å². The highest BCUT2D eigenvalue weighted by molar-refractivity contribution is 5.85. The Kier molecular flexibility index (Phi) is 18.2. The van der Waals surface area contributed by atoms with Crippen molar-refractivity contribution < 1.29 is 23.9 Å². The molecule has 0 aliphatic heterocycles. The van der Waals surface area contributed by atoms with E-state index in [9.17, 15) is 14.4 Å². The van der Waals surface area contributed by atoms with Crippen LogP contribution in [0.3, 0.4) is 0 Å². The van der Waals surface area contributed by atoms with Gasteiger partial charge >= 0.3 is 11.9 Å². The highest BCUT2D eigenvalue weighted by Crippen LogP contribution is 2.14. The van der Waals surface area contributed by atoms with Crippen LogP contribution in [-0.4, -0.2) is 29.5 Å². The Morgan fingerprint density at radius 2 is 1.29 bits per heavy atom. The Balaban J connectivity index is 2.27. The first-order chi connectivity index (χ1) is 18.2. The average molecular weight is 532 g/mol. The van der Waals surface area contributed by atoms with Crippen LogP contribution in [0.1, 0.15) is 136 Å². The van der Waals surface area contributed by atoms with Gasteiger partial charge in [0.15, 0.2) is 0 Å². The Bertz CT molecular complexity index is 772. The quantitative estimate of drug-likeness (QED) is 0.129. The maximum absolute atomic E-state index is 12.7. The third kappa shape index (κ3) is 18.8. The lowest BCUT2D eigenvalue weighted by molar-refractivity contribution is -0.159. The second kappa shape index (κ2) is 20.6. The molecule has 1 rings (SSSR count). The maximum atomic E-state index is 12.7. The zero-order chi connectivity index (χ0) is 28.1. The summed E-state index contributed by atoms with van der Waals surface area (Å²) in [7, 11) is 0. The molecule has 0 aliphatic carbocycles. The molecule has 1 aromatic rings. The maximum Gasteiger partial charge on any atom is 0.329 e. The third-order valence-electron chi connectivity index (χ3n) is 6.41. The van der Waals surface area contributed by atoms with Crippen molar-refractivity contribution in [1.29, 1.82) is 0 Å². The number of amides is 1. The van der Waals surface area contributed by atoms with E-state index in [1.807, 2.05) is 30.3 Å². The molecule has 0 bridgehead atoms. The van der Waals surface area contributed by atoms with E-state index in [2.05, 4.69) is 12.2 Å². The van der Waals surface area contributed by atoms with E-state index in [0.717, 1.165) is 24.8 Å². The smallest absolute Gasteiger partial charge is 0.329 e. The fourth-order valence-corrected chi connectivity index (χ4v) is 4.26. The average Bonchev–Trinajstić information content (AvgIpc) is 2.87. The van der Waals surface area contributed by atoms with Gasteiger partial charge in [-0.25, -0.2) is 4.79 Å². The number of hydrogen-bond acceptors (Lipinski definition) is 5. The number of rotatable bonds is 21. The molecule has 1 aromatic carbocycles. The molecule has 1 amide bonds. The molecule has 0 aromatic heterocycles. The van der Waals surface area contributed by atoms with Gasteiger partial charge in [-0.2, -0.15) is 0 Å². The fraction of sp³-hybridized carbons (Fsp3) is 0.719. The van der Waals surface area contributed by atoms with Crippen LogP contribution in [-0.2, 0) is 30.5 Å². The Hall–Kier alpha value is -2.37. The molecule has 1 N–H and O–H groups in total. The lowest BCUT2D eigenvalue weighted by Gasteiger charge is -2.24. The molecule has 1 atom stereocenters. The predicted octanol–water partition coefficient (Wildman–Crippen LogP) is 7.82. The topological polar surface area (TPSA) is 81.7 Å². The minimum Gasteiger partial charge on any atom is -0.461 e. The molecule has 6 nitrogen and oxygen atoms in total. The van der Waals surface area contributed by atoms with E-state index < -0.39 is 23.6 Å². The van der Waals surface area contributed by atoms with Crippen molar-refractivity contribution >= 4 is 17.8 Å². The second-order valence-corrected chi connectivity index (χ2v) is 11.3. The zero-order valence-electron chi connectivity index (χ0n) is 24.5. The predicted molar refractivity (Wildman–Crippen MR) is 154 cm³/mol. The monoisotopic (exact) mass is 531 g/mol. The molecular formula is C32H53NO5. The van der Waals surface area contributed by atoms with Crippen molar-refractivity contribution in [2.24, 2.45) is 0 Å². The van der Waals surface area contributed by atoms with Crippen molar-refractivity contribution in [3.8, 4) is 0 Å². The normalized spacial score (nSPS) is 12.1. The van der Waals surface area contributed by atoms with Crippen molar-refractivity contribution in [3.05, 3.63) is 35.9 Å². The van der Waals surface area contributed by atoms with E-state index in [1.54, 1.807) is 20.8 Å². The zero-order valence-corrected chi connectivity index (χ0v) is 24.5. The molecule has 0 saturated heterocycles. The summed E-state index contributed by atoms with van der Waals surface area (Å²) in [5, 5.41) is 2.79. The SMILES string of the molecule is CCCCCCCCCCCCCCCC(=O)NC(CCC(=O)OCc1ccccc1)C(=O)OC(C)(C)C. The van der Waals surface area contributed by atoms with Gasteiger partial charge in [0.25, 0.3) is 0 Å². The highest BCUT2D eigenvalue weighted by atomic mass is 16.6. The van der Waals surface area contributed by atoms with Gasteiger partial charge in [-0.15, -0.1) is 0 Å². The first-order valence-corrected chi connectivity index (χ1v) is 14.9. The number of carbonyl (C=O) groups excluding carboxylic acids is 3. The second-order valence-electron chi connectivity index (χ2n) is 11.3. The van der Waals surface area contributed by atoms with Crippen molar-refractivity contribution in [3.63, 3.8) is 0 Å². The lowest BCUT2D eigenvalue weighted by atomic mass is 10.0. The minimum absolute atomic E-state index is 0.0236. The summed E-state index contributed by atoms with van der Waals surface area (Å²) < 4.78 is 10.8. The van der Waals surface area contributed by atoms with Gasteiger partial charge in [-0.05, 0) is 39.2 Å². The molecule has 1 unspecified atom stereocenters. The van der Waals surface area contributed by atoms with Gasteiger partial charge in [-0.1, -0.05) is 114 Å². The van der Waals surface area contributed by atoms with Crippen LogP contribution in [0.25, 0.3) is 0 Å². The molecule has 38 heavy (non-hydrogen) atoms. The first kappa shape index (κ1) is 33.7. The Morgan fingerprint density at radius 1 is 0.763 bits per heavy atom. The molecule has 0 fully saturated rings. The molecule has 0 radical (unpaired) electrons. The van der Waals surface area contributed by atoms with Gasteiger partial charge in [-0.3, -0.25) is 9.59 Å². The minimum atomic E-state index is -0.868. The van der Waals surface area contributed by atoms with Crippen LogP contribution < -0.4 is 5.32 Å². The van der Waals surface area contributed by atoms with Crippen LogP contribution in [0, 0.1) is 0 Å². The largest absolute Gasteiger partial charge is 0.461 e. The summed E-state index contributed by atoms with van der Waals surface area (Å²) in [6.07, 6.45) is 16.7. The van der Waals surface area contributed by atoms with Gasteiger partial charge in [0.2, 0.25) is 5.91 Å². The number of hydrogen-bond donors (Lipinski definition) is 1. The standard InChI is InChI=1S/C32H53NO5/c1-5-6-7-8-9-10-11-12-13-14-15-16-20-23-29(34)33-28(31(36)38-32(2,3)4)24-25-30(35)37-26-27-21-18-17-19-22-27/h17-19,21-22,28H,5-16,20,23-26H2,1-4H3,(H,33,34). The summed E-state index contributed by atoms with van der Waals surface area (Å²) >= 11 is 0. The number of benzene rings is 1. The van der Waals surface area contributed by atoms with Crippen molar-refractivity contribution in [1.82, 2.24) is 5.32 Å². The summed E-state index contributed by atoms with van der Waals surface area (Å²) in [5.74, 6) is -1.11. The van der Waals surface area contributed by atoms with Gasteiger partial charge in [0, 0.05) is 12.8 Å². The molecule has 0 saturated carbocycles. The van der Waals surface area contributed by atoms with Gasteiger partial charge < -0.3 is 14.8 Å². The Labute approximate surface area is 231 Å². The summed E-state index contributed by atoms with van der Waals surface area (Å²) in [6.45, 7) is 7.78. The third-order valence-corrected chi connectivity index (χ3v) is 6.41. The number of nitrogens with one attached hydrogen (secondary N) is 1. The molecule has 0 aliphatic rings. The Morgan fingerprint density at radius 3 is 1.82 bits per heavy atom. The number of unbranched alkanes of at least 4 members (excludes halogenated alkanes) is 12. The van der Waals surface area contributed by atoms with Crippen LogP contribution in [0.15, 0.2) is 30.3 Å². The summed E-state index contributed by atoms with van der Waals surface area (Å²) in [5.41, 5.74) is 0.221. The van der Waals surface area contributed by atoms with Crippen molar-refractivity contribution in [2.45, 2.75) is 149 Å². The molecule has 6 heteroatoms. The van der Waals surface area contributed by atoms with Crippen molar-refractivity contribution in [2.75, 3.05) is 0 Å². The van der Waals surface area contributed by atoms with Crippen LogP contribution in [0.4, 0.5) is 0 Å². The highest BCUT2D eigenvalue weighted by Gasteiger charge is 2.27. The number of carbonyl (C=O) groups is 3. The summed E-state index contributed by atoms with van der Waals surface area (Å²) in [4.78, 5) is 37.5. The van der Waals surface area contributed by atoms with Gasteiger partial charge in [0.05, 0.1) is 0 Å². The molecule has 216 valence electrons. The van der Waals surface area contributed by atoms with Crippen LogP contribution in [0.5, 0.6) is 0 Å². The number of ether oxygens (including phenoxy) is 2. The van der Waals surface area contributed by atoms with Crippen LogP contribution >= 0.6 is 0 Å². The van der Waals surface area contributed by atoms with E-state index >= 15 is 0 Å². The lowest BCUT2D eigenvalue weighted by Crippen LogP contribution is -2.44. The first-order valence-electron chi connectivity index (χ1n) is 14.9. The van der Waals surface area contributed by atoms with E-state index in [1.165, 1.54) is 64.2 Å². The molecular weight excluding hydrogens is 478 g/mol. The van der Waals surface area contributed by atoms with Gasteiger partial charge in [0.1, 0.15) is 18.2 Å². The van der Waals surface area contributed by atoms with Crippen LogP contribution in [0.2, 0.25) is 0 Å². The molecule has 0 spiro atoms. The fourth-order valence-electron chi connectivity index (χ4n) is 4.26. The summed E-state index contributed by atoms with van der Waals surface area (Å²) in [6, 6.07) is 8.56. The number of esters is 2. The van der Waals surface area contributed by atoms with E-state index in [-0.39, 0.29) is 25.4 Å².